The molecule has 2 N–H and O–H groups in total. The Hall–Kier alpha value is -1.37. The smallest absolute Gasteiger partial charge is 0.238 e. The maximum Gasteiger partial charge on any atom is 0.238 e. The highest BCUT2D eigenvalue weighted by Gasteiger charge is 2.53. The largest absolute Gasteiger partial charge is 0.394 e. The van der Waals surface area contributed by atoms with Gasteiger partial charge in [-0.05, 0) is 35.5 Å². The summed E-state index contributed by atoms with van der Waals surface area (Å²) in [4.78, 5) is 38.7. The van der Waals surface area contributed by atoms with Crippen molar-refractivity contribution in [3.05, 3.63) is 0 Å². The van der Waals surface area contributed by atoms with E-state index in [1.165, 1.54) is 7.85 Å². The first kappa shape index (κ1) is 20.0. The number of rotatable bonds is 3. The minimum atomic E-state index is -0.947. The zero-order valence-corrected chi connectivity index (χ0v) is 16.3. The molecule has 1 saturated heterocycles. The van der Waals surface area contributed by atoms with Gasteiger partial charge in [-0.1, -0.05) is 34.6 Å². The first-order chi connectivity index (χ1) is 11.4. The molecule has 4 atom stereocenters. The van der Waals surface area contributed by atoms with Crippen LogP contribution in [0.15, 0.2) is 0 Å². The van der Waals surface area contributed by atoms with Gasteiger partial charge < -0.3 is 15.3 Å². The van der Waals surface area contributed by atoms with Gasteiger partial charge in [0.05, 0.1) is 12.6 Å². The van der Waals surface area contributed by atoms with Gasteiger partial charge in [0.15, 0.2) is 5.81 Å². The molecule has 0 aromatic heterocycles. The Labute approximate surface area is 151 Å². The molecule has 1 aliphatic heterocycles. The van der Waals surface area contributed by atoms with Crippen molar-refractivity contribution in [3.8, 4) is 0 Å². The third-order valence-corrected chi connectivity index (χ3v) is 5.68. The Kier molecular flexibility index (Phi) is 5.38. The van der Waals surface area contributed by atoms with E-state index in [1.54, 1.807) is 4.90 Å². The van der Waals surface area contributed by atoms with Gasteiger partial charge in [0, 0.05) is 6.54 Å². The van der Waals surface area contributed by atoms with E-state index in [0.717, 1.165) is 12.8 Å². The van der Waals surface area contributed by atoms with Gasteiger partial charge >= 0.3 is 0 Å². The summed E-state index contributed by atoms with van der Waals surface area (Å²) in [6, 6.07) is -0.241. The van der Waals surface area contributed by atoms with Crippen LogP contribution in [0.4, 0.5) is 4.79 Å². The molecule has 2 rings (SSSR count). The fourth-order valence-corrected chi connectivity index (χ4v) is 4.79. The minimum Gasteiger partial charge on any atom is -0.394 e. The number of fused-ring (bicyclic) bond motifs is 1. The second-order valence-corrected chi connectivity index (χ2v) is 9.58. The number of nitrogens with one attached hydrogen (secondary N) is 1. The maximum absolute atomic E-state index is 13.2. The number of hydrogen-bond donors (Lipinski definition) is 2. The van der Waals surface area contributed by atoms with Gasteiger partial charge in [0.25, 0.3) is 0 Å². The van der Waals surface area contributed by atoms with Gasteiger partial charge in [-0.2, -0.15) is 0 Å². The molecule has 0 aromatic carbocycles. The van der Waals surface area contributed by atoms with E-state index in [1.807, 2.05) is 20.8 Å². The molecule has 140 valence electrons. The highest BCUT2D eigenvalue weighted by atomic mass is 16.3. The number of imide groups is 1. The summed E-state index contributed by atoms with van der Waals surface area (Å²) in [5.41, 5.74) is -0.388. The second kappa shape index (κ2) is 6.74. The molecule has 2 aliphatic rings. The van der Waals surface area contributed by atoms with Gasteiger partial charge in [-0.15, -0.1) is 0 Å². The van der Waals surface area contributed by atoms with Crippen molar-refractivity contribution in [1.29, 1.82) is 0 Å². The number of carbonyl (C=O) groups is 3. The first-order valence-electron chi connectivity index (χ1n) is 9.10. The van der Waals surface area contributed by atoms with Crippen LogP contribution in [0.2, 0.25) is 0 Å². The van der Waals surface area contributed by atoms with E-state index >= 15 is 0 Å². The van der Waals surface area contributed by atoms with Crippen molar-refractivity contribution in [1.82, 2.24) is 10.2 Å². The van der Waals surface area contributed by atoms with Crippen LogP contribution in [0, 0.1) is 28.6 Å². The molecule has 0 radical (unpaired) electrons. The molecular formula is C18H31BN2O4. The molecule has 6 nitrogen and oxygen atoms in total. The monoisotopic (exact) mass is 350 g/mol. The van der Waals surface area contributed by atoms with E-state index < -0.39 is 23.0 Å². The van der Waals surface area contributed by atoms with Crippen molar-refractivity contribution in [3.63, 3.8) is 0 Å². The number of aliphatic hydroxyl groups is 1. The van der Waals surface area contributed by atoms with Gasteiger partial charge in [0.2, 0.25) is 19.7 Å². The van der Waals surface area contributed by atoms with Crippen LogP contribution < -0.4 is 5.32 Å². The Morgan fingerprint density at radius 2 is 1.88 bits per heavy atom. The lowest BCUT2D eigenvalue weighted by atomic mass is 9.78. The third-order valence-electron chi connectivity index (χ3n) is 5.68. The average molecular weight is 350 g/mol. The van der Waals surface area contributed by atoms with Crippen molar-refractivity contribution < 1.29 is 19.5 Å². The number of carbonyl (C=O) groups excluding carboxylic acids is 3. The molecule has 0 unspecified atom stereocenters. The van der Waals surface area contributed by atoms with Crippen LogP contribution in [0.25, 0.3) is 0 Å². The summed E-state index contributed by atoms with van der Waals surface area (Å²) >= 11 is 0. The molecule has 0 aromatic rings. The van der Waals surface area contributed by atoms with E-state index in [2.05, 4.69) is 19.2 Å². The standard InChI is InChI=1S/C18H31BN2O4/c1-17(2,3)13(14(23)20-16(19)25)15(24)21-8-10-6-18(4,5)7-11(10)12(21)9-22/h10-13,22H,6-9,19H2,1-5H3,(H,20,23,25)/t10-,11-,12+,13+/m0/s1. The minimum absolute atomic E-state index is 0.0891. The predicted molar refractivity (Wildman–Crippen MR) is 97.6 cm³/mol. The lowest BCUT2D eigenvalue weighted by Crippen LogP contribution is -2.52. The molecule has 2 fully saturated rings. The van der Waals surface area contributed by atoms with Gasteiger partial charge in [-0.25, -0.2) is 0 Å². The molecule has 0 spiro atoms. The molecule has 1 saturated carbocycles. The maximum atomic E-state index is 13.2. The van der Waals surface area contributed by atoms with Crippen LogP contribution >= 0.6 is 0 Å². The van der Waals surface area contributed by atoms with Gasteiger partial charge in [0.1, 0.15) is 5.92 Å². The summed E-state index contributed by atoms with van der Waals surface area (Å²) in [7, 11) is 1.26. The van der Waals surface area contributed by atoms with E-state index in [0.29, 0.717) is 12.5 Å². The Morgan fingerprint density at radius 1 is 1.28 bits per heavy atom. The Balaban J connectivity index is 2.25. The average Bonchev–Trinajstić information content (AvgIpc) is 2.87. The molecule has 7 heteroatoms. The SMILES string of the molecule is BC(=O)NC(=O)[C@H](C(=O)N1C[C@@H]2CC(C)(C)C[C@@H]2[C@H]1CO)C(C)(C)C. The zero-order valence-electron chi connectivity index (χ0n) is 16.3. The first-order valence-corrected chi connectivity index (χ1v) is 9.10. The number of amides is 3. The number of hydrogen-bond acceptors (Lipinski definition) is 4. The number of likely N-dealkylation sites (tertiary alicyclic amines) is 1. The normalized spacial score (nSPS) is 29.2. The van der Waals surface area contributed by atoms with Crippen LogP contribution in [-0.2, 0) is 9.59 Å². The quantitative estimate of drug-likeness (QED) is 0.582. The number of nitrogens with zero attached hydrogens (tertiary/aromatic N) is 1. The Bertz CT molecular complexity index is 570. The highest BCUT2D eigenvalue weighted by Crippen LogP contribution is 2.51. The molecule has 1 aliphatic carbocycles. The number of aliphatic hydroxyl groups excluding tert-OH is 1. The van der Waals surface area contributed by atoms with Crippen LogP contribution in [0.1, 0.15) is 47.5 Å². The lowest BCUT2D eigenvalue weighted by molar-refractivity contribution is -0.148. The molecule has 1 heterocycles. The molecule has 25 heavy (non-hydrogen) atoms. The predicted octanol–water partition coefficient (Wildman–Crippen LogP) is 0.773. The summed E-state index contributed by atoms with van der Waals surface area (Å²) in [5, 5.41) is 12.2. The van der Waals surface area contributed by atoms with Crippen molar-refractivity contribution in [2.24, 2.45) is 28.6 Å². The summed E-state index contributed by atoms with van der Waals surface area (Å²) in [6.07, 6.45) is 2.00. The summed E-state index contributed by atoms with van der Waals surface area (Å²) < 4.78 is 0. The lowest BCUT2D eigenvalue weighted by Gasteiger charge is -2.35. The Morgan fingerprint density at radius 3 is 2.36 bits per heavy atom. The highest BCUT2D eigenvalue weighted by molar-refractivity contribution is 6.58. The van der Waals surface area contributed by atoms with Crippen LogP contribution in [-0.4, -0.2) is 54.7 Å². The second-order valence-electron chi connectivity index (χ2n) is 9.58. The van der Waals surface area contributed by atoms with Gasteiger partial charge in [-0.3, -0.25) is 14.4 Å². The summed E-state index contributed by atoms with van der Waals surface area (Å²) in [5.74, 6) is -1.60. The van der Waals surface area contributed by atoms with Crippen LogP contribution in [0.3, 0.4) is 0 Å². The molecule has 0 bridgehead atoms. The van der Waals surface area contributed by atoms with E-state index in [4.69, 9.17) is 0 Å². The zero-order chi connectivity index (χ0) is 19.2. The van der Waals surface area contributed by atoms with Crippen LogP contribution in [0.5, 0.6) is 0 Å². The van der Waals surface area contributed by atoms with Crippen molar-refractivity contribution in [2.75, 3.05) is 13.2 Å². The van der Waals surface area contributed by atoms with Crippen molar-refractivity contribution >= 4 is 25.5 Å². The molecule has 3 amide bonds. The van der Waals surface area contributed by atoms with E-state index in [9.17, 15) is 19.5 Å². The third kappa shape index (κ3) is 4.07. The fourth-order valence-electron chi connectivity index (χ4n) is 4.79. The summed E-state index contributed by atoms with van der Waals surface area (Å²) in [6.45, 7) is 10.4. The topological polar surface area (TPSA) is 86.7 Å². The van der Waals surface area contributed by atoms with E-state index in [-0.39, 0.29) is 29.9 Å². The fraction of sp³-hybridized carbons (Fsp3) is 0.833. The van der Waals surface area contributed by atoms with Crippen molar-refractivity contribution in [2.45, 2.75) is 53.5 Å². The molecular weight excluding hydrogens is 319 g/mol.